The molecular formula is C30H31N5O4. The fraction of sp³-hybridized carbons (Fsp3) is 0.267. The van der Waals surface area contributed by atoms with Crippen LogP contribution in [0.4, 0.5) is 0 Å². The predicted molar refractivity (Wildman–Crippen MR) is 146 cm³/mol. The number of hydrogen-bond donors (Lipinski definition) is 3. The van der Waals surface area contributed by atoms with Gasteiger partial charge in [-0.05, 0) is 61.4 Å². The Morgan fingerprint density at radius 1 is 1.13 bits per heavy atom. The number of ether oxygens (including phenoxy) is 1. The van der Waals surface area contributed by atoms with Crippen molar-refractivity contribution >= 4 is 22.7 Å². The summed E-state index contributed by atoms with van der Waals surface area (Å²) < 4.78 is 6.00. The lowest BCUT2D eigenvalue weighted by Crippen LogP contribution is -2.61. The first kappa shape index (κ1) is 26.3. The largest absolute Gasteiger partial charge is 0.489 e. The first-order valence-corrected chi connectivity index (χ1v) is 12.9. The highest BCUT2D eigenvalue weighted by atomic mass is 16.5. The summed E-state index contributed by atoms with van der Waals surface area (Å²) in [6.45, 7) is 3.21. The number of para-hydroxylation sites is 1. The number of carbonyl (C=O) groups excluding carboxylic acids is 2. The number of carbonyl (C=O) groups is 2. The molecule has 39 heavy (non-hydrogen) atoms. The van der Waals surface area contributed by atoms with Crippen molar-refractivity contribution in [2.24, 2.45) is 11.7 Å². The van der Waals surface area contributed by atoms with Gasteiger partial charge in [-0.15, -0.1) is 0 Å². The Hall–Kier alpha value is -4.34. The van der Waals surface area contributed by atoms with E-state index in [0.717, 1.165) is 27.7 Å². The van der Waals surface area contributed by atoms with Crippen LogP contribution in [0, 0.1) is 12.8 Å². The number of aliphatic hydroxyl groups is 1. The Morgan fingerprint density at radius 2 is 1.92 bits per heavy atom. The third-order valence-electron chi connectivity index (χ3n) is 7.07. The van der Waals surface area contributed by atoms with Gasteiger partial charge in [-0.25, -0.2) is 0 Å². The van der Waals surface area contributed by atoms with Crippen LogP contribution in [0.3, 0.4) is 0 Å². The molecule has 0 radical (unpaired) electrons. The Kier molecular flexibility index (Phi) is 7.81. The number of rotatable bonds is 8. The predicted octanol–water partition coefficient (Wildman–Crippen LogP) is 2.94. The number of nitrogens with two attached hydrogens (primary N) is 1. The molecule has 1 fully saturated rings. The molecule has 9 heteroatoms. The molecule has 0 aliphatic carbocycles. The van der Waals surface area contributed by atoms with Crippen molar-refractivity contribution in [1.82, 2.24) is 20.2 Å². The topological polar surface area (TPSA) is 131 Å². The average molecular weight is 526 g/mol. The van der Waals surface area contributed by atoms with E-state index in [0.29, 0.717) is 37.4 Å². The van der Waals surface area contributed by atoms with Crippen molar-refractivity contribution in [2.45, 2.75) is 38.8 Å². The van der Waals surface area contributed by atoms with E-state index in [1.165, 1.54) is 0 Å². The summed E-state index contributed by atoms with van der Waals surface area (Å²) in [7, 11) is 0. The highest BCUT2D eigenvalue weighted by Crippen LogP contribution is 2.25. The Bertz CT molecular complexity index is 1460. The minimum absolute atomic E-state index is 0.358. The number of nitrogens with one attached hydrogen (secondary N) is 1. The van der Waals surface area contributed by atoms with Crippen LogP contribution in [0.15, 0.2) is 79.1 Å². The molecule has 0 bridgehead atoms. The molecule has 2 amide bonds. The van der Waals surface area contributed by atoms with Crippen LogP contribution in [0.25, 0.3) is 10.9 Å². The molecule has 200 valence electrons. The zero-order chi connectivity index (χ0) is 27.4. The van der Waals surface area contributed by atoms with Gasteiger partial charge in [-0.1, -0.05) is 24.3 Å². The SMILES string of the molecule is Cc1cc(COc2ccc(C(=O)N[C@@H]3C(O)N(Cc4cccnc4)CC[C@@H]3C(N)=O)cc2)c2ccccc2n1. The number of primary amides is 1. The van der Waals surface area contributed by atoms with Crippen LogP contribution < -0.4 is 15.8 Å². The zero-order valence-electron chi connectivity index (χ0n) is 21.7. The number of benzene rings is 2. The number of likely N-dealkylation sites (tertiary alicyclic amines) is 1. The van der Waals surface area contributed by atoms with Crippen molar-refractivity contribution in [3.63, 3.8) is 0 Å². The van der Waals surface area contributed by atoms with Gasteiger partial charge in [-0.3, -0.25) is 24.5 Å². The van der Waals surface area contributed by atoms with Crippen LogP contribution in [0.1, 0.15) is 33.6 Å². The first-order chi connectivity index (χ1) is 18.9. The van der Waals surface area contributed by atoms with Gasteiger partial charge in [0.1, 0.15) is 18.6 Å². The van der Waals surface area contributed by atoms with E-state index in [9.17, 15) is 14.7 Å². The maximum Gasteiger partial charge on any atom is 0.251 e. The van der Waals surface area contributed by atoms with Gasteiger partial charge in [0.15, 0.2) is 0 Å². The van der Waals surface area contributed by atoms with Crippen LogP contribution in [0.2, 0.25) is 0 Å². The van der Waals surface area contributed by atoms with Crippen LogP contribution in [-0.4, -0.2) is 50.6 Å². The third kappa shape index (κ3) is 6.05. The summed E-state index contributed by atoms with van der Waals surface area (Å²) >= 11 is 0. The molecule has 4 aromatic rings. The molecule has 9 nitrogen and oxygen atoms in total. The smallest absolute Gasteiger partial charge is 0.251 e. The molecule has 0 spiro atoms. The molecule has 3 atom stereocenters. The number of nitrogens with zero attached hydrogens (tertiary/aromatic N) is 3. The maximum absolute atomic E-state index is 13.1. The van der Waals surface area contributed by atoms with E-state index in [2.05, 4.69) is 15.3 Å². The van der Waals surface area contributed by atoms with Gasteiger partial charge in [0, 0.05) is 47.7 Å². The molecule has 1 aliphatic rings. The number of fused-ring (bicyclic) bond motifs is 1. The number of aromatic nitrogens is 2. The summed E-state index contributed by atoms with van der Waals surface area (Å²) in [6, 6.07) is 19.6. The molecule has 2 aromatic heterocycles. The van der Waals surface area contributed by atoms with Gasteiger partial charge >= 0.3 is 0 Å². The van der Waals surface area contributed by atoms with E-state index < -0.39 is 30.0 Å². The van der Waals surface area contributed by atoms with Crippen molar-refractivity contribution in [2.75, 3.05) is 6.54 Å². The molecule has 3 heterocycles. The molecule has 4 N–H and O–H groups in total. The van der Waals surface area contributed by atoms with E-state index in [4.69, 9.17) is 10.5 Å². The van der Waals surface area contributed by atoms with Crippen molar-refractivity contribution in [1.29, 1.82) is 0 Å². The molecular weight excluding hydrogens is 494 g/mol. The van der Waals surface area contributed by atoms with Gasteiger partial charge in [0.25, 0.3) is 5.91 Å². The Labute approximate surface area is 226 Å². The van der Waals surface area contributed by atoms with E-state index in [1.54, 1.807) is 36.7 Å². The number of hydrogen-bond acceptors (Lipinski definition) is 7. The van der Waals surface area contributed by atoms with Gasteiger partial charge < -0.3 is 20.9 Å². The van der Waals surface area contributed by atoms with Gasteiger partial charge in [0.05, 0.1) is 17.5 Å². The molecule has 1 saturated heterocycles. The molecule has 2 aromatic carbocycles. The summed E-state index contributed by atoms with van der Waals surface area (Å²) in [6.07, 6.45) is 2.75. The van der Waals surface area contributed by atoms with Crippen molar-refractivity contribution in [3.05, 3.63) is 102 Å². The summed E-state index contributed by atoms with van der Waals surface area (Å²) in [5.74, 6) is -1.03. The molecule has 0 saturated carbocycles. The minimum atomic E-state index is -1.08. The number of piperidine rings is 1. The van der Waals surface area contributed by atoms with Gasteiger partial charge in [-0.2, -0.15) is 0 Å². The molecule has 1 aliphatic heterocycles. The number of aryl methyl sites for hydroxylation is 1. The van der Waals surface area contributed by atoms with Crippen LogP contribution >= 0.6 is 0 Å². The van der Waals surface area contributed by atoms with Crippen molar-refractivity contribution < 1.29 is 19.4 Å². The molecule has 1 unspecified atom stereocenters. The highest BCUT2D eigenvalue weighted by molar-refractivity contribution is 5.95. The first-order valence-electron chi connectivity index (χ1n) is 12.9. The number of aliphatic hydroxyl groups excluding tert-OH is 1. The monoisotopic (exact) mass is 525 g/mol. The van der Waals surface area contributed by atoms with E-state index >= 15 is 0 Å². The Morgan fingerprint density at radius 3 is 2.67 bits per heavy atom. The van der Waals surface area contributed by atoms with Crippen LogP contribution in [0.5, 0.6) is 5.75 Å². The second kappa shape index (κ2) is 11.6. The summed E-state index contributed by atoms with van der Waals surface area (Å²) in [4.78, 5) is 35.7. The fourth-order valence-electron chi connectivity index (χ4n) is 5.06. The standard InChI is InChI=1S/C30H31N5O4/c1-19-15-22(24-6-2-3-7-26(24)33-19)18-39-23-10-8-21(9-11-23)29(37)34-27-25(28(31)36)12-14-35(30(27)38)17-20-5-4-13-32-16-20/h2-11,13,15-16,25,27,30,38H,12,14,17-18H2,1H3,(H2,31,36)(H,34,37)/t25-,27-,30?/m0/s1. The summed E-state index contributed by atoms with van der Waals surface area (Å²) in [5, 5.41) is 15.0. The lowest BCUT2D eigenvalue weighted by Gasteiger charge is -2.42. The highest BCUT2D eigenvalue weighted by Gasteiger charge is 2.40. The summed E-state index contributed by atoms with van der Waals surface area (Å²) in [5.41, 5.74) is 9.79. The van der Waals surface area contributed by atoms with E-state index in [1.807, 2.05) is 54.3 Å². The fourth-order valence-corrected chi connectivity index (χ4v) is 5.06. The quantitative estimate of drug-likeness (QED) is 0.322. The maximum atomic E-state index is 13.1. The molecule has 5 rings (SSSR count). The lowest BCUT2D eigenvalue weighted by molar-refractivity contribution is -0.131. The minimum Gasteiger partial charge on any atom is -0.489 e. The van der Waals surface area contributed by atoms with Crippen LogP contribution in [-0.2, 0) is 17.9 Å². The second-order valence-corrected chi connectivity index (χ2v) is 9.80. The number of amides is 2. The average Bonchev–Trinajstić information content (AvgIpc) is 2.94. The normalized spacial score (nSPS) is 19.5. The zero-order valence-corrected chi connectivity index (χ0v) is 21.7. The third-order valence-corrected chi connectivity index (χ3v) is 7.07. The number of pyridine rings is 2. The van der Waals surface area contributed by atoms with Gasteiger partial charge in [0.2, 0.25) is 5.91 Å². The second-order valence-electron chi connectivity index (χ2n) is 9.80. The lowest BCUT2D eigenvalue weighted by atomic mass is 9.88. The van der Waals surface area contributed by atoms with Crippen molar-refractivity contribution in [3.8, 4) is 5.75 Å². The van der Waals surface area contributed by atoms with E-state index in [-0.39, 0.29) is 0 Å². The Balaban J connectivity index is 1.25.